The molecule has 1 heteroatoms. The van der Waals surface area contributed by atoms with Gasteiger partial charge in [-0.15, -0.1) is 0 Å². The molecule has 16 heavy (non-hydrogen) atoms. The fourth-order valence-corrected chi connectivity index (χ4v) is 2.65. The summed E-state index contributed by atoms with van der Waals surface area (Å²) in [5.74, 6) is 0.867. The van der Waals surface area contributed by atoms with Gasteiger partial charge < -0.3 is 0 Å². The van der Waals surface area contributed by atoms with Gasteiger partial charge in [-0.2, -0.15) is 0 Å². The van der Waals surface area contributed by atoms with Crippen LogP contribution in [0.3, 0.4) is 0 Å². The maximum Gasteiger partial charge on any atom is 0.134 e. The molecule has 1 nitrogen and oxygen atoms in total. The van der Waals surface area contributed by atoms with Gasteiger partial charge in [0.05, 0.1) is 0 Å². The second-order valence-electron chi connectivity index (χ2n) is 5.73. The topological polar surface area (TPSA) is 17.1 Å². The van der Waals surface area contributed by atoms with Crippen molar-refractivity contribution in [3.63, 3.8) is 0 Å². The average molecular weight is 216 g/mol. The Balaban J connectivity index is 2.16. The molecule has 1 atom stereocenters. The van der Waals surface area contributed by atoms with E-state index in [1.807, 2.05) is 6.07 Å². The van der Waals surface area contributed by atoms with Gasteiger partial charge >= 0.3 is 0 Å². The number of hydrogen-bond acceptors (Lipinski definition) is 1. The molecule has 2 rings (SSSR count). The second kappa shape index (κ2) is 4.40. The maximum absolute atomic E-state index is 11.9. The smallest absolute Gasteiger partial charge is 0.134 e. The van der Waals surface area contributed by atoms with Gasteiger partial charge in [-0.05, 0) is 29.7 Å². The molecule has 0 bridgehead atoms. The third-order valence-corrected chi connectivity index (χ3v) is 3.59. The van der Waals surface area contributed by atoms with E-state index >= 15 is 0 Å². The molecular weight excluding hydrogens is 196 g/mol. The van der Waals surface area contributed by atoms with Crippen molar-refractivity contribution in [1.82, 2.24) is 0 Å². The molecule has 1 aromatic rings. The Morgan fingerprint density at radius 1 is 1.19 bits per heavy atom. The van der Waals surface area contributed by atoms with E-state index in [4.69, 9.17) is 0 Å². The van der Waals surface area contributed by atoms with Crippen LogP contribution in [0.15, 0.2) is 30.3 Å². The molecule has 0 heterocycles. The predicted molar refractivity (Wildman–Crippen MR) is 66.4 cm³/mol. The zero-order valence-corrected chi connectivity index (χ0v) is 10.2. The number of hydrogen-bond donors (Lipinski definition) is 0. The van der Waals surface area contributed by atoms with Crippen LogP contribution in [0.1, 0.15) is 51.0 Å². The first kappa shape index (κ1) is 11.4. The number of ketones is 1. The Labute approximate surface area is 97.9 Å². The van der Waals surface area contributed by atoms with Crippen molar-refractivity contribution in [2.24, 2.45) is 5.41 Å². The van der Waals surface area contributed by atoms with Crippen molar-refractivity contribution in [2.75, 3.05) is 0 Å². The average Bonchev–Trinajstić information content (AvgIpc) is 2.37. The van der Waals surface area contributed by atoms with Gasteiger partial charge in [0.25, 0.3) is 0 Å². The predicted octanol–water partition coefficient (Wildman–Crippen LogP) is 3.94. The summed E-state index contributed by atoms with van der Waals surface area (Å²) in [6.07, 6.45) is 3.77. The van der Waals surface area contributed by atoms with Crippen LogP contribution in [0.4, 0.5) is 0 Å². The van der Waals surface area contributed by atoms with Crippen LogP contribution in [0.25, 0.3) is 0 Å². The van der Waals surface area contributed by atoms with E-state index in [1.165, 1.54) is 5.56 Å². The third kappa shape index (κ3) is 2.72. The summed E-state index contributed by atoms with van der Waals surface area (Å²) in [5.41, 5.74) is 1.52. The first-order valence-electron chi connectivity index (χ1n) is 6.13. The summed E-state index contributed by atoms with van der Waals surface area (Å²) in [5, 5.41) is 0. The van der Waals surface area contributed by atoms with Crippen molar-refractivity contribution in [3.05, 3.63) is 35.9 Å². The Kier molecular flexibility index (Phi) is 3.13. The quantitative estimate of drug-likeness (QED) is 0.650. The van der Waals surface area contributed by atoms with Gasteiger partial charge in [0, 0.05) is 12.8 Å². The van der Waals surface area contributed by atoms with Gasteiger partial charge in [-0.25, -0.2) is 0 Å². The molecule has 1 fully saturated rings. The van der Waals surface area contributed by atoms with Crippen molar-refractivity contribution in [1.29, 1.82) is 0 Å². The Bertz CT molecular complexity index is 364. The van der Waals surface area contributed by atoms with Gasteiger partial charge in [0.15, 0.2) is 0 Å². The van der Waals surface area contributed by atoms with Gasteiger partial charge in [0.1, 0.15) is 5.78 Å². The lowest BCUT2D eigenvalue weighted by molar-refractivity contribution is -0.120. The zero-order chi connectivity index (χ0) is 11.6. The van der Waals surface area contributed by atoms with Gasteiger partial charge in [-0.1, -0.05) is 44.2 Å². The van der Waals surface area contributed by atoms with Gasteiger partial charge in [-0.3, -0.25) is 4.79 Å². The van der Waals surface area contributed by atoms with Crippen molar-refractivity contribution >= 4 is 5.78 Å². The van der Waals surface area contributed by atoms with Gasteiger partial charge in [0.2, 0.25) is 0 Å². The molecule has 1 aliphatic carbocycles. The Hall–Kier alpha value is -1.11. The minimum Gasteiger partial charge on any atom is -0.300 e. The molecule has 0 spiro atoms. The Morgan fingerprint density at radius 2 is 1.88 bits per heavy atom. The standard InChI is InChI=1S/C15H20O/c1-15(2)9-8-13(10-14(16)11-15)12-6-4-3-5-7-12/h3-7,13H,8-11H2,1-2H3. The lowest BCUT2D eigenvalue weighted by atomic mass is 9.84. The molecular formula is C15H20O. The number of carbonyl (C=O) groups excluding carboxylic acids is 1. The highest BCUT2D eigenvalue weighted by atomic mass is 16.1. The molecule has 0 amide bonds. The van der Waals surface area contributed by atoms with Crippen LogP contribution in [-0.2, 0) is 4.79 Å². The summed E-state index contributed by atoms with van der Waals surface area (Å²) in [4.78, 5) is 11.9. The van der Waals surface area contributed by atoms with Crippen molar-refractivity contribution in [3.8, 4) is 0 Å². The number of carbonyl (C=O) groups is 1. The van der Waals surface area contributed by atoms with E-state index in [1.54, 1.807) is 0 Å². The second-order valence-corrected chi connectivity index (χ2v) is 5.73. The molecule has 1 unspecified atom stereocenters. The fraction of sp³-hybridized carbons (Fsp3) is 0.533. The van der Waals surface area contributed by atoms with E-state index in [9.17, 15) is 4.79 Å². The summed E-state index contributed by atoms with van der Waals surface area (Å²) >= 11 is 0. The van der Waals surface area contributed by atoms with Crippen LogP contribution in [0.2, 0.25) is 0 Å². The monoisotopic (exact) mass is 216 g/mol. The molecule has 0 aromatic heterocycles. The Morgan fingerprint density at radius 3 is 2.56 bits per heavy atom. The van der Waals surface area contributed by atoms with E-state index in [0.717, 1.165) is 25.7 Å². The molecule has 0 aliphatic heterocycles. The first-order valence-corrected chi connectivity index (χ1v) is 6.13. The van der Waals surface area contributed by atoms with E-state index < -0.39 is 0 Å². The number of benzene rings is 1. The number of rotatable bonds is 1. The first-order chi connectivity index (χ1) is 7.57. The van der Waals surface area contributed by atoms with Crippen LogP contribution in [0, 0.1) is 5.41 Å². The lowest BCUT2D eigenvalue weighted by Gasteiger charge is -2.21. The van der Waals surface area contributed by atoms with Crippen LogP contribution in [-0.4, -0.2) is 5.78 Å². The normalized spacial score (nSPS) is 25.1. The lowest BCUT2D eigenvalue weighted by Crippen LogP contribution is -2.13. The molecule has 0 N–H and O–H groups in total. The maximum atomic E-state index is 11.9. The highest BCUT2D eigenvalue weighted by Gasteiger charge is 2.29. The highest BCUT2D eigenvalue weighted by molar-refractivity contribution is 5.80. The van der Waals surface area contributed by atoms with E-state index in [-0.39, 0.29) is 5.41 Å². The largest absolute Gasteiger partial charge is 0.300 e. The molecule has 86 valence electrons. The zero-order valence-electron chi connectivity index (χ0n) is 10.2. The van der Waals surface area contributed by atoms with Crippen LogP contribution >= 0.6 is 0 Å². The summed E-state index contributed by atoms with van der Waals surface area (Å²) < 4.78 is 0. The molecule has 0 radical (unpaired) electrons. The molecule has 1 aliphatic rings. The minimum atomic E-state index is 0.195. The van der Waals surface area contributed by atoms with Crippen molar-refractivity contribution < 1.29 is 4.79 Å². The molecule has 1 saturated carbocycles. The van der Waals surface area contributed by atoms with Crippen LogP contribution < -0.4 is 0 Å². The fourth-order valence-electron chi connectivity index (χ4n) is 2.65. The third-order valence-electron chi connectivity index (χ3n) is 3.59. The van der Waals surface area contributed by atoms with E-state index in [2.05, 4.69) is 38.1 Å². The van der Waals surface area contributed by atoms with Crippen LogP contribution in [0.5, 0.6) is 0 Å². The molecule has 1 aromatic carbocycles. The molecule has 0 saturated heterocycles. The SMILES string of the molecule is CC1(C)CCC(c2ccccc2)CC(=O)C1. The number of Topliss-reactive ketones (excluding diaryl/α,β-unsaturated/α-hetero) is 1. The highest BCUT2D eigenvalue weighted by Crippen LogP contribution is 2.38. The minimum absolute atomic E-state index is 0.195. The van der Waals surface area contributed by atoms with Crippen molar-refractivity contribution in [2.45, 2.75) is 45.4 Å². The summed E-state index contributed by atoms with van der Waals surface area (Å²) in [6, 6.07) is 10.5. The summed E-state index contributed by atoms with van der Waals surface area (Å²) in [7, 11) is 0. The van der Waals surface area contributed by atoms with E-state index in [0.29, 0.717) is 11.7 Å². The summed E-state index contributed by atoms with van der Waals surface area (Å²) in [6.45, 7) is 4.41.